The lowest BCUT2D eigenvalue weighted by Crippen LogP contribution is -2.33. The molecule has 7 nitrogen and oxygen atoms in total. The topological polar surface area (TPSA) is 81.8 Å². The number of hydrogen-bond acceptors (Lipinski definition) is 5. The van der Waals surface area contributed by atoms with Gasteiger partial charge in [0.15, 0.2) is 10.7 Å². The molecule has 0 fully saturated rings. The van der Waals surface area contributed by atoms with E-state index in [0.29, 0.717) is 28.4 Å². The first-order chi connectivity index (χ1) is 14.3. The average molecular weight is 432 g/mol. The molecule has 3 rings (SSSR count). The van der Waals surface area contributed by atoms with Gasteiger partial charge >= 0.3 is 0 Å². The van der Waals surface area contributed by atoms with Crippen molar-refractivity contribution < 1.29 is 9.18 Å². The summed E-state index contributed by atoms with van der Waals surface area (Å²) in [7, 11) is 0. The Balaban J connectivity index is 2.02. The number of fused-ring (bicyclic) bond motifs is 1. The molecule has 0 radical (unpaired) electrons. The van der Waals surface area contributed by atoms with Crippen molar-refractivity contribution in [2.45, 2.75) is 58.4 Å². The van der Waals surface area contributed by atoms with E-state index in [9.17, 15) is 14.0 Å². The van der Waals surface area contributed by atoms with Crippen LogP contribution in [0.4, 0.5) is 4.39 Å². The molecule has 1 aromatic carbocycles. The second kappa shape index (κ2) is 9.42. The maximum absolute atomic E-state index is 13.4. The highest BCUT2D eigenvalue weighted by Gasteiger charge is 2.19. The summed E-state index contributed by atoms with van der Waals surface area (Å²) < 4.78 is 16.5. The van der Waals surface area contributed by atoms with Crippen LogP contribution in [0.25, 0.3) is 11.0 Å². The molecule has 0 aliphatic heterocycles. The van der Waals surface area contributed by atoms with Crippen LogP contribution in [0, 0.1) is 12.7 Å². The summed E-state index contributed by atoms with van der Waals surface area (Å²) in [6, 6.07) is 6.08. The van der Waals surface area contributed by atoms with Crippen molar-refractivity contribution in [3.8, 4) is 0 Å². The normalized spacial score (nSPS) is 12.3. The van der Waals surface area contributed by atoms with E-state index in [4.69, 9.17) is 0 Å². The summed E-state index contributed by atoms with van der Waals surface area (Å²) in [4.78, 5) is 30.3. The van der Waals surface area contributed by atoms with E-state index < -0.39 is 0 Å². The Kier molecular flexibility index (Phi) is 6.91. The minimum absolute atomic E-state index is 0.0833. The van der Waals surface area contributed by atoms with Crippen molar-refractivity contribution in [2.75, 3.05) is 5.75 Å². The molecule has 3 aromatic rings. The predicted molar refractivity (Wildman–Crippen MR) is 116 cm³/mol. The molecular weight excluding hydrogens is 405 g/mol. The first kappa shape index (κ1) is 22.0. The number of halogens is 1. The van der Waals surface area contributed by atoms with E-state index in [0.717, 1.165) is 12.0 Å². The second-order valence-electron chi connectivity index (χ2n) is 7.18. The number of rotatable bonds is 8. The van der Waals surface area contributed by atoms with Crippen LogP contribution < -0.4 is 10.9 Å². The number of amides is 1. The number of nitrogens with zero attached hydrogens (tertiary/aromatic N) is 4. The fourth-order valence-corrected chi connectivity index (χ4v) is 3.89. The average Bonchev–Trinajstić information content (AvgIpc) is 3.05. The number of carbonyl (C=O) groups excluding carboxylic acids is 1. The van der Waals surface area contributed by atoms with Gasteiger partial charge in [-0.2, -0.15) is 5.10 Å². The van der Waals surface area contributed by atoms with E-state index in [2.05, 4.69) is 15.4 Å². The molecule has 0 saturated heterocycles. The number of nitrogens with one attached hydrogen (secondary N) is 1. The Morgan fingerprint density at radius 1 is 1.27 bits per heavy atom. The van der Waals surface area contributed by atoms with Crippen molar-refractivity contribution >= 4 is 28.7 Å². The number of hydrogen-bond donors (Lipinski definition) is 1. The Bertz CT molecular complexity index is 1110. The number of aromatic nitrogens is 4. The molecule has 9 heteroatoms. The van der Waals surface area contributed by atoms with Gasteiger partial charge in [0.05, 0.1) is 18.0 Å². The largest absolute Gasteiger partial charge is 0.353 e. The van der Waals surface area contributed by atoms with E-state index in [1.54, 1.807) is 16.8 Å². The number of benzene rings is 1. The van der Waals surface area contributed by atoms with Gasteiger partial charge in [0.1, 0.15) is 11.3 Å². The van der Waals surface area contributed by atoms with Gasteiger partial charge < -0.3 is 5.32 Å². The smallest absolute Gasteiger partial charge is 0.280 e. The standard InChI is InChI=1S/C21H26FN5O2S/c1-5-13(3)23-17(28)12-30-21-24-18-14(4)25-27(6-2)19(18)20(29)26(21)11-15-7-9-16(22)10-8-15/h7-10,13H,5-6,11-12H2,1-4H3,(H,23,28)/t13-/m1/s1. The molecule has 0 bridgehead atoms. The maximum Gasteiger partial charge on any atom is 0.280 e. The molecule has 2 heterocycles. The van der Waals surface area contributed by atoms with Crippen LogP contribution >= 0.6 is 11.8 Å². The lowest BCUT2D eigenvalue weighted by atomic mass is 10.2. The van der Waals surface area contributed by atoms with Gasteiger partial charge in [-0.05, 0) is 44.9 Å². The van der Waals surface area contributed by atoms with Crippen molar-refractivity contribution in [2.24, 2.45) is 0 Å². The third-order valence-corrected chi connectivity index (χ3v) is 5.86. The summed E-state index contributed by atoms with van der Waals surface area (Å²) in [5.41, 5.74) is 2.19. The highest BCUT2D eigenvalue weighted by Crippen LogP contribution is 2.21. The van der Waals surface area contributed by atoms with Crippen LogP contribution in [0.3, 0.4) is 0 Å². The molecule has 1 amide bonds. The van der Waals surface area contributed by atoms with Crippen LogP contribution in [0.15, 0.2) is 34.2 Å². The zero-order chi connectivity index (χ0) is 21.8. The molecule has 0 aliphatic carbocycles. The molecular formula is C21H26FN5O2S. The van der Waals surface area contributed by atoms with Crippen molar-refractivity contribution in [1.82, 2.24) is 24.6 Å². The molecule has 0 unspecified atom stereocenters. The maximum atomic E-state index is 13.4. The summed E-state index contributed by atoms with van der Waals surface area (Å²) in [6.45, 7) is 8.45. The zero-order valence-electron chi connectivity index (χ0n) is 17.6. The summed E-state index contributed by atoms with van der Waals surface area (Å²) in [6.07, 6.45) is 0.839. The van der Waals surface area contributed by atoms with E-state index >= 15 is 0 Å². The Morgan fingerprint density at radius 3 is 2.60 bits per heavy atom. The number of aryl methyl sites for hydroxylation is 2. The van der Waals surface area contributed by atoms with Gasteiger partial charge in [-0.15, -0.1) is 0 Å². The monoisotopic (exact) mass is 431 g/mol. The van der Waals surface area contributed by atoms with Gasteiger partial charge in [-0.3, -0.25) is 18.8 Å². The van der Waals surface area contributed by atoms with Crippen molar-refractivity contribution in [1.29, 1.82) is 0 Å². The fraction of sp³-hybridized carbons (Fsp3) is 0.429. The Morgan fingerprint density at radius 2 is 1.97 bits per heavy atom. The Labute approximate surface area is 178 Å². The lowest BCUT2D eigenvalue weighted by molar-refractivity contribution is -0.119. The summed E-state index contributed by atoms with van der Waals surface area (Å²) in [5.74, 6) is -0.305. The quantitative estimate of drug-likeness (QED) is 0.438. The molecule has 30 heavy (non-hydrogen) atoms. The highest BCUT2D eigenvalue weighted by molar-refractivity contribution is 7.99. The number of carbonyl (C=O) groups is 1. The zero-order valence-corrected chi connectivity index (χ0v) is 18.4. The van der Waals surface area contributed by atoms with Gasteiger partial charge in [0, 0.05) is 12.6 Å². The first-order valence-electron chi connectivity index (χ1n) is 9.98. The minimum atomic E-state index is -0.337. The predicted octanol–water partition coefficient (Wildman–Crippen LogP) is 3.12. The fourth-order valence-electron chi connectivity index (χ4n) is 3.09. The third-order valence-electron chi connectivity index (χ3n) is 4.89. The molecule has 160 valence electrons. The van der Waals surface area contributed by atoms with Crippen LogP contribution in [0.2, 0.25) is 0 Å². The molecule has 0 spiro atoms. The lowest BCUT2D eigenvalue weighted by Gasteiger charge is -2.14. The van der Waals surface area contributed by atoms with Gasteiger partial charge in [-0.1, -0.05) is 30.8 Å². The molecule has 1 atom stereocenters. The van der Waals surface area contributed by atoms with Crippen LogP contribution in [0.1, 0.15) is 38.4 Å². The van der Waals surface area contributed by atoms with Gasteiger partial charge in [0.2, 0.25) is 5.91 Å². The first-order valence-corrected chi connectivity index (χ1v) is 11.0. The number of thioether (sulfide) groups is 1. The van der Waals surface area contributed by atoms with Crippen LogP contribution in [0.5, 0.6) is 0 Å². The van der Waals surface area contributed by atoms with Crippen LogP contribution in [-0.2, 0) is 17.9 Å². The van der Waals surface area contributed by atoms with Gasteiger partial charge in [0.25, 0.3) is 5.56 Å². The molecule has 0 aliphatic rings. The Hall–Kier alpha value is -2.68. The highest BCUT2D eigenvalue weighted by atomic mass is 32.2. The van der Waals surface area contributed by atoms with Gasteiger partial charge in [-0.25, -0.2) is 9.37 Å². The van der Waals surface area contributed by atoms with Crippen molar-refractivity contribution in [3.63, 3.8) is 0 Å². The molecule has 2 aromatic heterocycles. The van der Waals surface area contributed by atoms with E-state index in [1.807, 2.05) is 27.7 Å². The van der Waals surface area contributed by atoms with E-state index in [1.165, 1.54) is 28.5 Å². The minimum Gasteiger partial charge on any atom is -0.353 e. The SMILES string of the molecule is CC[C@@H](C)NC(=O)CSc1nc2c(C)nn(CC)c2c(=O)n1Cc1ccc(F)cc1. The second-order valence-corrected chi connectivity index (χ2v) is 8.12. The molecule has 1 N–H and O–H groups in total. The summed E-state index contributed by atoms with van der Waals surface area (Å²) in [5, 5.41) is 7.78. The summed E-state index contributed by atoms with van der Waals surface area (Å²) >= 11 is 1.21. The van der Waals surface area contributed by atoms with E-state index in [-0.39, 0.29) is 35.6 Å². The molecule has 0 saturated carbocycles. The third kappa shape index (κ3) is 4.72. The van der Waals surface area contributed by atoms with Crippen LogP contribution in [-0.4, -0.2) is 37.0 Å². The van der Waals surface area contributed by atoms with Crippen molar-refractivity contribution in [3.05, 3.63) is 51.7 Å².